The lowest BCUT2D eigenvalue weighted by atomic mass is 9.78. The molecule has 1 heterocycles. The Morgan fingerprint density at radius 3 is 2.27 bits per heavy atom. The summed E-state index contributed by atoms with van der Waals surface area (Å²) >= 11 is 7.22. The number of thioether (sulfide) groups is 1. The SMILES string of the molecule is CC(=O)SCC(=Cc1ccc(C(=O)O)c(Cl)c1)B1OC(C)(C)C(C)(C)O1. The first-order valence-corrected chi connectivity index (χ1v) is 9.51. The van der Waals surface area contributed by atoms with Crippen molar-refractivity contribution in [2.75, 3.05) is 5.75 Å². The van der Waals surface area contributed by atoms with Crippen LogP contribution in [0.15, 0.2) is 23.7 Å². The average molecular weight is 397 g/mol. The summed E-state index contributed by atoms with van der Waals surface area (Å²) in [6.45, 7) is 9.34. The largest absolute Gasteiger partial charge is 0.491 e. The van der Waals surface area contributed by atoms with Crippen LogP contribution in [0.4, 0.5) is 0 Å². The Labute approximate surface area is 163 Å². The first kappa shape index (κ1) is 21.0. The molecule has 0 radical (unpaired) electrons. The average Bonchev–Trinajstić information content (AvgIpc) is 2.71. The number of halogens is 1. The number of carbonyl (C=O) groups is 2. The second kappa shape index (κ2) is 7.76. The molecule has 1 aliphatic rings. The molecular formula is C18H22BClO5S. The highest BCUT2D eigenvalue weighted by atomic mass is 35.5. The molecule has 1 N–H and O–H groups in total. The van der Waals surface area contributed by atoms with E-state index in [1.165, 1.54) is 13.0 Å². The molecule has 1 aliphatic heterocycles. The third-order valence-corrected chi connectivity index (χ3v) is 5.77. The quantitative estimate of drug-likeness (QED) is 0.747. The normalized spacial score (nSPS) is 18.8. The maximum atomic E-state index is 11.4. The number of carboxylic acids is 1. The molecule has 140 valence electrons. The zero-order chi connectivity index (χ0) is 19.7. The van der Waals surface area contributed by atoms with Gasteiger partial charge in [-0.05, 0) is 50.9 Å². The molecule has 26 heavy (non-hydrogen) atoms. The van der Waals surface area contributed by atoms with Crippen LogP contribution >= 0.6 is 23.4 Å². The minimum atomic E-state index is -1.08. The van der Waals surface area contributed by atoms with Crippen molar-refractivity contribution < 1.29 is 24.0 Å². The predicted molar refractivity (Wildman–Crippen MR) is 106 cm³/mol. The number of rotatable bonds is 5. The molecule has 1 aromatic rings. The summed E-state index contributed by atoms with van der Waals surface area (Å²) in [5.41, 5.74) is 0.543. The van der Waals surface area contributed by atoms with Crippen molar-refractivity contribution in [1.82, 2.24) is 0 Å². The fourth-order valence-corrected chi connectivity index (χ4v) is 3.22. The van der Waals surface area contributed by atoms with Crippen molar-refractivity contribution in [1.29, 1.82) is 0 Å². The molecule has 5 nitrogen and oxygen atoms in total. The number of benzene rings is 1. The van der Waals surface area contributed by atoms with Gasteiger partial charge in [0.05, 0.1) is 21.8 Å². The zero-order valence-corrected chi connectivity index (χ0v) is 17.0. The summed E-state index contributed by atoms with van der Waals surface area (Å²) in [5, 5.41) is 9.23. The molecule has 0 unspecified atom stereocenters. The Hall–Kier alpha value is -1.28. The first-order chi connectivity index (χ1) is 11.9. The Kier molecular flexibility index (Phi) is 6.28. The van der Waals surface area contributed by atoms with E-state index in [0.717, 1.165) is 17.2 Å². The van der Waals surface area contributed by atoms with Crippen molar-refractivity contribution in [3.63, 3.8) is 0 Å². The van der Waals surface area contributed by atoms with Gasteiger partial charge in [0.15, 0.2) is 5.12 Å². The monoisotopic (exact) mass is 396 g/mol. The maximum absolute atomic E-state index is 11.4. The van der Waals surface area contributed by atoms with Crippen LogP contribution in [-0.4, -0.2) is 40.3 Å². The topological polar surface area (TPSA) is 72.8 Å². The first-order valence-electron chi connectivity index (χ1n) is 8.15. The lowest BCUT2D eigenvalue weighted by molar-refractivity contribution is -0.109. The van der Waals surface area contributed by atoms with E-state index in [4.69, 9.17) is 26.0 Å². The van der Waals surface area contributed by atoms with Crippen molar-refractivity contribution in [3.8, 4) is 0 Å². The van der Waals surface area contributed by atoms with Crippen molar-refractivity contribution in [2.24, 2.45) is 0 Å². The van der Waals surface area contributed by atoms with E-state index >= 15 is 0 Å². The molecule has 0 atom stereocenters. The second-order valence-electron chi connectivity index (χ2n) is 7.13. The molecule has 1 aromatic carbocycles. The minimum Gasteiger partial charge on any atom is -0.478 e. The van der Waals surface area contributed by atoms with Crippen molar-refractivity contribution in [3.05, 3.63) is 39.8 Å². The number of hydrogen-bond acceptors (Lipinski definition) is 5. The highest BCUT2D eigenvalue weighted by molar-refractivity contribution is 8.13. The molecule has 0 aliphatic carbocycles. The van der Waals surface area contributed by atoms with Gasteiger partial charge in [-0.15, -0.1) is 0 Å². The summed E-state index contributed by atoms with van der Waals surface area (Å²) in [6, 6.07) is 4.70. The number of carboxylic acid groups (broad SMARTS) is 1. The molecule has 0 bridgehead atoms. The number of carbonyl (C=O) groups excluding carboxylic acids is 1. The molecule has 0 aromatic heterocycles. The lowest BCUT2D eigenvalue weighted by Gasteiger charge is -2.32. The van der Waals surface area contributed by atoms with Gasteiger partial charge in [0, 0.05) is 12.7 Å². The van der Waals surface area contributed by atoms with Crippen LogP contribution in [0, 0.1) is 0 Å². The van der Waals surface area contributed by atoms with Gasteiger partial charge in [-0.25, -0.2) is 4.79 Å². The van der Waals surface area contributed by atoms with E-state index in [2.05, 4.69) is 0 Å². The molecule has 0 amide bonds. The second-order valence-corrected chi connectivity index (χ2v) is 8.69. The van der Waals surface area contributed by atoms with Gasteiger partial charge in [-0.2, -0.15) is 0 Å². The summed E-state index contributed by atoms with van der Waals surface area (Å²) in [4.78, 5) is 22.5. The van der Waals surface area contributed by atoms with Crippen molar-refractivity contribution in [2.45, 2.75) is 45.8 Å². The van der Waals surface area contributed by atoms with Gasteiger partial charge in [0.1, 0.15) is 0 Å². The van der Waals surface area contributed by atoms with Gasteiger partial charge in [0.2, 0.25) is 0 Å². The molecule has 2 rings (SSSR count). The lowest BCUT2D eigenvalue weighted by Crippen LogP contribution is -2.41. The fourth-order valence-electron chi connectivity index (χ4n) is 2.37. The molecule has 0 saturated carbocycles. The number of aromatic carboxylic acids is 1. The van der Waals surface area contributed by atoms with Crippen LogP contribution in [0.5, 0.6) is 0 Å². The summed E-state index contributed by atoms with van der Waals surface area (Å²) in [7, 11) is -0.593. The highest BCUT2D eigenvalue weighted by Gasteiger charge is 2.52. The van der Waals surface area contributed by atoms with Gasteiger partial charge in [-0.1, -0.05) is 35.5 Å². The van der Waals surface area contributed by atoms with Crippen molar-refractivity contribution >= 4 is 47.6 Å². The van der Waals surface area contributed by atoms with E-state index in [1.54, 1.807) is 12.1 Å². The molecule has 8 heteroatoms. The van der Waals surface area contributed by atoms with Crippen LogP contribution in [0.3, 0.4) is 0 Å². The Morgan fingerprint density at radius 1 is 1.23 bits per heavy atom. The standard InChI is InChI=1S/C18H22BClO5S/c1-11(21)26-10-13(19-24-17(2,3)18(4,5)25-19)8-12-6-7-14(16(22)23)15(20)9-12/h6-9H,10H2,1-5H3,(H,22,23). The van der Waals surface area contributed by atoms with Gasteiger partial charge in [0.25, 0.3) is 0 Å². The summed E-state index contributed by atoms with van der Waals surface area (Å²) in [6.07, 6.45) is 1.83. The van der Waals surface area contributed by atoms with Gasteiger partial charge >= 0.3 is 13.1 Å². The van der Waals surface area contributed by atoms with Crippen LogP contribution in [0.2, 0.25) is 5.02 Å². The maximum Gasteiger partial charge on any atom is 0.491 e. The van der Waals surface area contributed by atoms with E-state index in [-0.39, 0.29) is 15.7 Å². The van der Waals surface area contributed by atoms with E-state index in [1.807, 2.05) is 33.8 Å². The Bertz CT molecular complexity index is 744. The molecular weight excluding hydrogens is 375 g/mol. The Balaban J connectivity index is 2.36. The third-order valence-electron chi connectivity index (χ3n) is 4.57. The highest BCUT2D eigenvalue weighted by Crippen LogP contribution is 2.39. The van der Waals surface area contributed by atoms with Crippen LogP contribution < -0.4 is 0 Å². The van der Waals surface area contributed by atoms with E-state index in [0.29, 0.717) is 11.3 Å². The Morgan fingerprint density at radius 2 is 1.81 bits per heavy atom. The third kappa shape index (κ3) is 4.71. The van der Waals surface area contributed by atoms with Crippen LogP contribution in [0.25, 0.3) is 6.08 Å². The number of hydrogen-bond donors (Lipinski definition) is 1. The molecule has 1 saturated heterocycles. The molecule has 0 spiro atoms. The van der Waals surface area contributed by atoms with Gasteiger partial charge < -0.3 is 14.4 Å². The zero-order valence-electron chi connectivity index (χ0n) is 15.5. The fraction of sp³-hybridized carbons (Fsp3) is 0.444. The smallest absolute Gasteiger partial charge is 0.478 e. The summed E-state index contributed by atoms with van der Waals surface area (Å²) < 4.78 is 12.2. The predicted octanol–water partition coefficient (Wildman–Crippen LogP) is 4.33. The van der Waals surface area contributed by atoms with Crippen LogP contribution in [-0.2, 0) is 14.1 Å². The summed E-state index contributed by atoms with van der Waals surface area (Å²) in [5.74, 6) is -0.673. The van der Waals surface area contributed by atoms with E-state index < -0.39 is 24.3 Å². The van der Waals surface area contributed by atoms with Crippen LogP contribution in [0.1, 0.15) is 50.5 Å². The minimum absolute atomic E-state index is 0.00771. The van der Waals surface area contributed by atoms with Gasteiger partial charge in [-0.3, -0.25) is 4.79 Å². The van der Waals surface area contributed by atoms with E-state index in [9.17, 15) is 9.59 Å². The molecule has 1 fully saturated rings.